The molecule has 0 bridgehead atoms. The maximum Gasteiger partial charge on any atom is 0.262 e. The van der Waals surface area contributed by atoms with E-state index in [1.165, 1.54) is 16.4 Å². The number of rotatable bonds is 12. The second kappa shape index (κ2) is 13.4. The Kier molecular flexibility index (Phi) is 10.2. The van der Waals surface area contributed by atoms with Crippen LogP contribution in [0.2, 0.25) is 0 Å². The molecule has 0 aliphatic carbocycles. The summed E-state index contributed by atoms with van der Waals surface area (Å²) in [6.07, 6.45) is 0. The third kappa shape index (κ3) is 7.82. The second-order valence-corrected chi connectivity index (χ2v) is 14.4. The number of nitrogens with one attached hydrogen (secondary N) is 2. The highest BCUT2D eigenvalue weighted by Gasteiger charge is 2.34. The average Bonchev–Trinajstić information content (AvgIpc) is 2.95. The number of aryl methyl sites for hydroxylation is 1. The minimum absolute atomic E-state index is 0.0205. The molecule has 14 heteroatoms. The van der Waals surface area contributed by atoms with E-state index < -0.39 is 32.0 Å². The quantitative estimate of drug-likeness (QED) is 0.203. The van der Waals surface area contributed by atoms with Crippen LogP contribution in [-0.4, -0.2) is 86.7 Å². The van der Waals surface area contributed by atoms with Crippen molar-refractivity contribution in [3.8, 4) is 5.75 Å². The van der Waals surface area contributed by atoms with Gasteiger partial charge in [0.15, 0.2) is 0 Å². The molecule has 1 aliphatic heterocycles. The first-order chi connectivity index (χ1) is 19.9. The molecule has 2 heterocycles. The normalized spacial score (nSPS) is 16.0. The van der Waals surface area contributed by atoms with E-state index in [4.69, 9.17) is 4.74 Å². The van der Waals surface area contributed by atoms with Gasteiger partial charge in [-0.15, -0.1) is 0 Å². The van der Waals surface area contributed by atoms with Crippen LogP contribution in [0.4, 0.5) is 0 Å². The summed E-state index contributed by atoms with van der Waals surface area (Å²) in [5, 5.41) is 10.3. The van der Waals surface area contributed by atoms with Crippen LogP contribution in [-0.2, 0) is 31.4 Å². The number of fused-ring (bicyclic) bond motifs is 1. The smallest absolute Gasteiger partial charge is 0.262 e. The number of nitrogens with zero attached hydrogens (tertiary/aromatic N) is 3. The van der Waals surface area contributed by atoms with Gasteiger partial charge in [-0.05, 0) is 49.2 Å². The van der Waals surface area contributed by atoms with Crippen molar-refractivity contribution in [1.82, 2.24) is 24.4 Å². The number of benzene rings is 2. The van der Waals surface area contributed by atoms with Gasteiger partial charge in [-0.25, -0.2) is 27.0 Å². The fourth-order valence-corrected chi connectivity index (χ4v) is 7.76. The largest absolute Gasteiger partial charge is 0.489 e. The Morgan fingerprint density at radius 3 is 2.33 bits per heavy atom. The molecule has 12 nitrogen and oxygen atoms in total. The predicted octanol–water partition coefficient (Wildman–Crippen LogP) is 1.88. The number of piperazine rings is 1. The maximum atomic E-state index is 13.0. The Bertz CT molecular complexity index is 1610. The van der Waals surface area contributed by atoms with Crippen molar-refractivity contribution < 1.29 is 31.6 Å². The molecule has 3 N–H and O–H groups in total. The third-order valence-corrected chi connectivity index (χ3v) is 10.7. The minimum Gasteiger partial charge on any atom is -0.489 e. The van der Waals surface area contributed by atoms with Crippen LogP contribution in [0.5, 0.6) is 5.75 Å². The number of aromatic nitrogens is 1. The number of hydrogen-bond donors (Lipinski definition) is 3. The monoisotopic (exact) mass is 619 g/mol. The highest BCUT2D eigenvalue weighted by molar-refractivity contribution is 7.89. The molecule has 1 aromatic heterocycles. The molecule has 0 spiro atoms. The molecular weight excluding hydrogens is 582 g/mol. The van der Waals surface area contributed by atoms with Crippen LogP contribution >= 0.6 is 0 Å². The van der Waals surface area contributed by atoms with Crippen LogP contribution in [0.15, 0.2) is 59.5 Å². The molecule has 0 saturated carbocycles. The molecule has 1 unspecified atom stereocenters. The number of ether oxygens (including phenoxy) is 1. The van der Waals surface area contributed by atoms with Crippen LogP contribution in [0.3, 0.4) is 0 Å². The maximum absolute atomic E-state index is 13.0. The lowest BCUT2D eigenvalue weighted by Crippen LogP contribution is -2.58. The highest BCUT2D eigenvalue weighted by atomic mass is 32.2. The zero-order valence-electron chi connectivity index (χ0n) is 23.9. The van der Waals surface area contributed by atoms with Gasteiger partial charge in [0.05, 0.1) is 16.2 Å². The van der Waals surface area contributed by atoms with Gasteiger partial charge in [-0.1, -0.05) is 32.0 Å². The number of hydrogen-bond acceptors (Lipinski definition) is 9. The number of carbonyl (C=O) groups excluding carboxylic acids is 1. The molecule has 4 rings (SSSR count). The standard InChI is InChI=1S/C28H37N5O7S2/c1-20(2)19-41(36,37)33-14-12-32(13-15-33)27(28(34)31-35)17-29-42(38,39)24-10-8-23(9-11-24)40-18-22-16-21(3)30-26-7-5-4-6-25(22)26/h4-11,16,20,27,29,35H,12-15,17-19H2,1-3H3,(H,31,34). The summed E-state index contributed by atoms with van der Waals surface area (Å²) < 4.78 is 60.9. The zero-order chi connectivity index (χ0) is 30.5. The number of hydroxylamine groups is 1. The summed E-state index contributed by atoms with van der Waals surface area (Å²) in [6.45, 7) is 6.25. The van der Waals surface area contributed by atoms with E-state index >= 15 is 0 Å². The molecule has 0 radical (unpaired) electrons. The zero-order valence-corrected chi connectivity index (χ0v) is 25.5. The summed E-state index contributed by atoms with van der Waals surface area (Å²) in [6, 6.07) is 14.6. The third-order valence-electron chi connectivity index (χ3n) is 6.99. The first-order valence-corrected chi connectivity index (χ1v) is 16.7. The molecule has 1 atom stereocenters. The first-order valence-electron chi connectivity index (χ1n) is 13.6. The van der Waals surface area contributed by atoms with Gasteiger partial charge in [0, 0.05) is 49.4 Å². The topological polar surface area (TPSA) is 158 Å². The van der Waals surface area contributed by atoms with E-state index in [0.717, 1.165) is 22.2 Å². The Labute approximate surface area is 246 Å². The first kappa shape index (κ1) is 31.8. The van der Waals surface area contributed by atoms with Gasteiger partial charge in [-0.3, -0.25) is 19.9 Å². The van der Waals surface area contributed by atoms with E-state index in [9.17, 15) is 26.8 Å². The predicted molar refractivity (Wildman–Crippen MR) is 158 cm³/mol. The SMILES string of the molecule is Cc1cc(COc2ccc(S(=O)(=O)NCC(C(=O)NO)N3CCN(S(=O)(=O)CC(C)C)CC3)cc2)c2ccccc2n1. The molecule has 1 amide bonds. The summed E-state index contributed by atoms with van der Waals surface area (Å²) in [5.41, 5.74) is 4.29. The van der Waals surface area contributed by atoms with Crippen molar-refractivity contribution in [2.24, 2.45) is 5.92 Å². The average molecular weight is 620 g/mol. The van der Waals surface area contributed by atoms with Crippen molar-refractivity contribution in [2.45, 2.75) is 38.3 Å². The number of carbonyl (C=O) groups is 1. The van der Waals surface area contributed by atoms with E-state index in [-0.39, 0.29) is 55.9 Å². The molecule has 42 heavy (non-hydrogen) atoms. The molecule has 2 aromatic carbocycles. The highest BCUT2D eigenvalue weighted by Crippen LogP contribution is 2.22. The van der Waals surface area contributed by atoms with Crippen molar-refractivity contribution >= 4 is 36.9 Å². The number of sulfonamides is 2. The number of pyridine rings is 1. The van der Waals surface area contributed by atoms with Crippen molar-refractivity contribution in [2.75, 3.05) is 38.5 Å². The van der Waals surface area contributed by atoms with Crippen molar-refractivity contribution in [1.29, 1.82) is 0 Å². The Morgan fingerprint density at radius 1 is 1.02 bits per heavy atom. The fourth-order valence-electron chi connectivity index (χ4n) is 4.94. The summed E-state index contributed by atoms with van der Waals surface area (Å²) in [7, 11) is -7.44. The van der Waals surface area contributed by atoms with Gasteiger partial charge in [0.1, 0.15) is 18.4 Å². The molecule has 1 saturated heterocycles. The summed E-state index contributed by atoms with van der Waals surface area (Å²) >= 11 is 0. The van der Waals surface area contributed by atoms with Gasteiger partial charge in [0.25, 0.3) is 5.91 Å². The lowest BCUT2D eigenvalue weighted by atomic mass is 10.1. The van der Waals surface area contributed by atoms with E-state index in [1.807, 2.05) is 51.1 Å². The van der Waals surface area contributed by atoms with Crippen molar-refractivity contribution in [3.05, 3.63) is 65.9 Å². The Hall–Kier alpha value is -3.14. The molecule has 228 valence electrons. The van der Waals surface area contributed by atoms with Crippen LogP contribution in [0.25, 0.3) is 10.9 Å². The molecule has 1 fully saturated rings. The Morgan fingerprint density at radius 2 is 1.69 bits per heavy atom. The fraction of sp³-hybridized carbons (Fsp3) is 0.429. The van der Waals surface area contributed by atoms with E-state index in [1.54, 1.807) is 22.5 Å². The van der Waals surface area contributed by atoms with Gasteiger partial charge in [0.2, 0.25) is 20.0 Å². The van der Waals surface area contributed by atoms with E-state index in [0.29, 0.717) is 5.75 Å². The van der Waals surface area contributed by atoms with Gasteiger partial charge < -0.3 is 4.74 Å². The summed E-state index contributed by atoms with van der Waals surface area (Å²) in [5.74, 6) is -0.312. The lowest BCUT2D eigenvalue weighted by molar-refractivity contribution is -0.135. The van der Waals surface area contributed by atoms with Crippen molar-refractivity contribution in [3.63, 3.8) is 0 Å². The minimum atomic E-state index is -4.01. The van der Waals surface area contributed by atoms with Crippen LogP contribution in [0, 0.1) is 12.8 Å². The molecule has 3 aromatic rings. The van der Waals surface area contributed by atoms with E-state index in [2.05, 4.69) is 9.71 Å². The second-order valence-electron chi connectivity index (χ2n) is 10.7. The van der Waals surface area contributed by atoms with Gasteiger partial charge in [-0.2, -0.15) is 4.31 Å². The van der Waals surface area contributed by atoms with Crippen LogP contribution in [0.1, 0.15) is 25.1 Å². The number of para-hydroxylation sites is 1. The van der Waals surface area contributed by atoms with Crippen LogP contribution < -0.4 is 14.9 Å². The van der Waals surface area contributed by atoms with Gasteiger partial charge >= 0.3 is 0 Å². The Balaban J connectivity index is 1.37. The molecule has 1 aliphatic rings. The molecular formula is C28H37N5O7S2. The number of amides is 1. The summed E-state index contributed by atoms with van der Waals surface area (Å²) in [4.78, 5) is 18.6. The lowest BCUT2D eigenvalue weighted by Gasteiger charge is -2.37.